The Bertz CT molecular complexity index is 1800. The van der Waals surface area contributed by atoms with Crippen LogP contribution in [0, 0.1) is 0 Å². The number of thiazole rings is 1. The largest absolute Gasteiger partial charge is 0.503 e. The monoisotopic (exact) mass is 578 g/mol. The van der Waals surface area contributed by atoms with Crippen molar-refractivity contribution in [3.63, 3.8) is 0 Å². The van der Waals surface area contributed by atoms with E-state index in [9.17, 15) is 14.7 Å². The molecule has 9 heteroatoms. The highest BCUT2D eigenvalue weighted by molar-refractivity contribution is 9.10. The van der Waals surface area contributed by atoms with Crippen molar-refractivity contribution in [3.05, 3.63) is 95.1 Å². The fourth-order valence-corrected chi connectivity index (χ4v) is 6.27. The number of benzene rings is 3. The summed E-state index contributed by atoms with van der Waals surface area (Å²) in [6, 6.07) is 14.3. The number of ether oxygens (including phenoxy) is 2. The lowest BCUT2D eigenvalue weighted by Gasteiger charge is -2.27. The molecular formula is C28H23BrN2O5S. The summed E-state index contributed by atoms with van der Waals surface area (Å²) in [5, 5.41) is 12.0. The summed E-state index contributed by atoms with van der Waals surface area (Å²) in [5.74, 6) is 0.675. The van der Waals surface area contributed by atoms with Gasteiger partial charge in [0.2, 0.25) is 0 Å². The van der Waals surface area contributed by atoms with Crippen molar-refractivity contribution in [2.75, 3.05) is 14.2 Å². The van der Waals surface area contributed by atoms with Crippen molar-refractivity contribution in [3.8, 4) is 17.2 Å². The third-order valence-electron chi connectivity index (χ3n) is 6.39. The highest BCUT2D eigenvalue weighted by Crippen LogP contribution is 2.40. The highest BCUT2D eigenvalue weighted by atomic mass is 79.9. The van der Waals surface area contributed by atoms with Crippen molar-refractivity contribution in [2.24, 2.45) is 4.99 Å². The standard InChI is InChI=1S/C28H23BrN2O5S/c1-14-23(15(2)32)25(24-18-8-6-5-7-17(18)9-10-20(24)35-3)31-27(34)22(37-28(31)30-14)13-16-11-19(29)26(33)21(12-16)36-4/h5-13,25,33H,1-4H3/t25-/m1/s1. The second-order valence-corrected chi connectivity index (χ2v) is 10.5. The van der Waals surface area contributed by atoms with Gasteiger partial charge < -0.3 is 14.6 Å². The number of methoxy groups -OCH3 is 2. The minimum atomic E-state index is -0.710. The number of rotatable bonds is 5. The van der Waals surface area contributed by atoms with E-state index < -0.39 is 6.04 Å². The normalized spacial score (nSPS) is 15.5. The van der Waals surface area contributed by atoms with Crippen LogP contribution in [0.4, 0.5) is 0 Å². The molecule has 37 heavy (non-hydrogen) atoms. The van der Waals surface area contributed by atoms with E-state index in [1.165, 1.54) is 25.4 Å². The van der Waals surface area contributed by atoms with E-state index >= 15 is 0 Å². The summed E-state index contributed by atoms with van der Waals surface area (Å²) in [5.41, 5.74) is 2.13. The van der Waals surface area contributed by atoms with E-state index in [2.05, 4.69) is 20.9 Å². The van der Waals surface area contributed by atoms with Crippen molar-refractivity contribution < 1.29 is 19.4 Å². The Morgan fingerprint density at radius 1 is 1.14 bits per heavy atom. The molecule has 0 radical (unpaired) electrons. The molecule has 1 aliphatic rings. The third kappa shape index (κ3) is 4.18. The van der Waals surface area contributed by atoms with Crippen LogP contribution in [0.5, 0.6) is 17.2 Å². The number of aromatic hydroxyl groups is 1. The number of phenols is 1. The lowest BCUT2D eigenvalue weighted by molar-refractivity contribution is -0.114. The van der Waals surface area contributed by atoms with Crippen LogP contribution in [0.15, 0.2) is 74.1 Å². The van der Waals surface area contributed by atoms with Crippen LogP contribution in [-0.2, 0) is 4.79 Å². The smallest absolute Gasteiger partial charge is 0.271 e. The van der Waals surface area contributed by atoms with Gasteiger partial charge in [0.1, 0.15) is 5.75 Å². The van der Waals surface area contributed by atoms with Crippen LogP contribution in [-0.4, -0.2) is 29.7 Å². The minimum absolute atomic E-state index is 0.0223. The predicted molar refractivity (Wildman–Crippen MR) is 147 cm³/mol. The number of carbonyl (C=O) groups excluding carboxylic acids is 1. The first-order valence-electron chi connectivity index (χ1n) is 11.4. The Hall–Kier alpha value is -3.69. The fraction of sp³-hybridized carbons (Fsp3) is 0.179. The number of Topliss-reactive ketones (excluding diaryl/α,β-unsaturated/α-hetero) is 1. The van der Waals surface area contributed by atoms with Gasteiger partial charge in [-0.2, -0.15) is 0 Å². The Morgan fingerprint density at radius 3 is 2.57 bits per heavy atom. The average Bonchev–Trinajstić information content (AvgIpc) is 3.18. The molecular weight excluding hydrogens is 556 g/mol. The fourth-order valence-electron chi connectivity index (χ4n) is 4.76. The molecule has 0 amide bonds. The molecule has 4 aromatic rings. The zero-order chi connectivity index (χ0) is 26.4. The molecule has 1 atom stereocenters. The van der Waals surface area contributed by atoms with Crippen LogP contribution >= 0.6 is 27.3 Å². The molecule has 1 N–H and O–H groups in total. The first-order chi connectivity index (χ1) is 17.7. The van der Waals surface area contributed by atoms with Crippen molar-refractivity contribution in [2.45, 2.75) is 19.9 Å². The summed E-state index contributed by atoms with van der Waals surface area (Å²) >= 11 is 4.57. The first-order valence-corrected chi connectivity index (χ1v) is 13.0. The van der Waals surface area contributed by atoms with Crippen LogP contribution in [0.3, 0.4) is 0 Å². The van der Waals surface area contributed by atoms with E-state index in [0.29, 0.717) is 36.4 Å². The maximum atomic E-state index is 13.9. The van der Waals surface area contributed by atoms with Crippen LogP contribution < -0.4 is 24.4 Å². The van der Waals surface area contributed by atoms with Gasteiger partial charge in [-0.05, 0) is 70.4 Å². The topological polar surface area (TPSA) is 90.1 Å². The molecule has 0 bridgehead atoms. The number of hydrogen-bond acceptors (Lipinski definition) is 7. The third-order valence-corrected chi connectivity index (χ3v) is 7.98. The molecule has 7 nitrogen and oxygen atoms in total. The lowest BCUT2D eigenvalue weighted by atomic mass is 9.89. The summed E-state index contributed by atoms with van der Waals surface area (Å²) in [7, 11) is 3.04. The molecule has 1 aromatic heterocycles. The van der Waals surface area contributed by atoms with Gasteiger partial charge in [-0.15, -0.1) is 0 Å². The predicted octanol–water partition coefficient (Wildman–Crippen LogP) is 4.46. The number of carbonyl (C=O) groups is 1. The molecule has 188 valence electrons. The van der Waals surface area contributed by atoms with Gasteiger partial charge in [0.05, 0.1) is 29.3 Å². The number of ketones is 1. The Labute approximate surface area is 224 Å². The summed E-state index contributed by atoms with van der Waals surface area (Å²) in [6.07, 6.45) is 1.72. The van der Waals surface area contributed by atoms with E-state index in [0.717, 1.165) is 16.3 Å². The zero-order valence-electron chi connectivity index (χ0n) is 20.5. The highest BCUT2D eigenvalue weighted by Gasteiger charge is 2.33. The number of phenolic OH excluding ortho intramolecular Hbond substituents is 1. The molecule has 0 saturated carbocycles. The van der Waals surface area contributed by atoms with Gasteiger partial charge in [0.15, 0.2) is 22.1 Å². The summed E-state index contributed by atoms with van der Waals surface area (Å²) in [6.45, 7) is 3.29. The quantitative estimate of drug-likeness (QED) is 0.377. The first kappa shape index (κ1) is 25.0. The molecule has 5 rings (SSSR count). The van der Waals surface area contributed by atoms with Crippen LogP contribution in [0.25, 0.3) is 16.8 Å². The van der Waals surface area contributed by atoms with E-state index in [-0.39, 0.29) is 22.8 Å². The number of fused-ring (bicyclic) bond motifs is 2. The molecule has 0 saturated heterocycles. The number of hydrogen-bond donors (Lipinski definition) is 1. The Balaban J connectivity index is 1.84. The van der Waals surface area contributed by atoms with E-state index in [1.54, 1.807) is 36.8 Å². The second kappa shape index (κ2) is 9.64. The summed E-state index contributed by atoms with van der Waals surface area (Å²) < 4.78 is 13.5. The van der Waals surface area contributed by atoms with Crippen molar-refractivity contribution >= 4 is 49.9 Å². The van der Waals surface area contributed by atoms with Gasteiger partial charge in [-0.1, -0.05) is 41.7 Å². The summed E-state index contributed by atoms with van der Waals surface area (Å²) in [4.78, 5) is 32.0. The molecule has 1 aliphatic heterocycles. The van der Waals surface area contributed by atoms with Crippen molar-refractivity contribution in [1.82, 2.24) is 4.57 Å². The van der Waals surface area contributed by atoms with Gasteiger partial charge in [0.25, 0.3) is 5.56 Å². The van der Waals surface area contributed by atoms with E-state index in [1.807, 2.05) is 36.4 Å². The van der Waals surface area contributed by atoms with Crippen LogP contribution in [0.1, 0.15) is 31.0 Å². The van der Waals surface area contributed by atoms with Crippen molar-refractivity contribution in [1.29, 1.82) is 0 Å². The molecule has 0 fully saturated rings. The van der Waals surface area contributed by atoms with E-state index in [4.69, 9.17) is 9.47 Å². The SMILES string of the molecule is COc1cc(C=c2sc3n(c2=O)[C@@H](c2c(OC)ccc4ccccc24)C(C(C)=O)=C(C)N=3)cc(Br)c1O. The number of aromatic nitrogens is 1. The van der Waals surface area contributed by atoms with Crippen LogP contribution in [0.2, 0.25) is 0 Å². The number of allylic oxidation sites excluding steroid dienone is 2. The number of halogens is 1. The lowest BCUT2D eigenvalue weighted by Crippen LogP contribution is -2.39. The second-order valence-electron chi connectivity index (χ2n) is 8.59. The van der Waals surface area contributed by atoms with Gasteiger partial charge in [-0.3, -0.25) is 14.2 Å². The zero-order valence-corrected chi connectivity index (χ0v) is 22.9. The van der Waals surface area contributed by atoms with Gasteiger partial charge >= 0.3 is 0 Å². The molecule has 0 spiro atoms. The molecule has 3 aromatic carbocycles. The molecule has 0 unspecified atom stereocenters. The molecule has 2 heterocycles. The Morgan fingerprint density at radius 2 is 1.86 bits per heavy atom. The maximum absolute atomic E-state index is 13.9. The maximum Gasteiger partial charge on any atom is 0.271 e. The molecule has 0 aliphatic carbocycles. The van der Waals surface area contributed by atoms with Gasteiger partial charge in [0, 0.05) is 16.8 Å². The Kier molecular flexibility index (Phi) is 6.51. The minimum Gasteiger partial charge on any atom is -0.503 e. The average molecular weight is 579 g/mol. The number of nitrogens with zero attached hydrogens (tertiary/aromatic N) is 2. The van der Waals surface area contributed by atoms with Gasteiger partial charge in [-0.25, -0.2) is 4.99 Å².